The van der Waals surface area contributed by atoms with Gasteiger partial charge in [-0.15, -0.1) is 0 Å². The van der Waals surface area contributed by atoms with E-state index in [4.69, 9.17) is 5.26 Å². The molecule has 0 saturated carbocycles. The number of hydrogen-bond donors (Lipinski definition) is 0. The molecule has 0 spiro atoms. The Morgan fingerprint density at radius 1 is 1.30 bits per heavy atom. The second-order valence-electron chi connectivity index (χ2n) is 1.73. The first-order valence-electron chi connectivity index (χ1n) is 2.68. The molecule has 0 unspecified atom stereocenters. The summed E-state index contributed by atoms with van der Waals surface area (Å²) in [5.41, 5.74) is 0.737. The molecule has 0 aliphatic carbocycles. The van der Waals surface area contributed by atoms with E-state index in [0.29, 0.717) is 13.1 Å². The number of benzene rings is 1. The van der Waals surface area contributed by atoms with Crippen molar-refractivity contribution in [3.8, 4) is 6.07 Å². The van der Waals surface area contributed by atoms with Crippen LogP contribution in [0.3, 0.4) is 0 Å². The Morgan fingerprint density at radius 3 is 2.30 bits per heavy atom. The van der Waals surface area contributed by atoms with Crippen molar-refractivity contribution in [2.45, 2.75) is 0 Å². The van der Waals surface area contributed by atoms with Gasteiger partial charge in [0.2, 0.25) is 0 Å². The maximum atomic E-state index is 8.45. The molecule has 0 aromatic heterocycles. The zero-order chi connectivity index (χ0) is 7.40. The first kappa shape index (κ1) is 7.85. The average molecular weight is 261 g/mol. The first-order valence-corrected chi connectivity index (χ1v) is 8.29. The van der Waals surface area contributed by atoms with Gasteiger partial charge in [-0.1, -0.05) is 0 Å². The molecule has 10 heavy (non-hydrogen) atoms. The Balaban J connectivity index is 2.93. The molecule has 1 nitrogen and oxygen atoms in total. The van der Waals surface area contributed by atoms with Crippen molar-refractivity contribution in [2.75, 3.05) is 0 Å². The molecular formula is C7H5NSe2. The topological polar surface area (TPSA) is 23.8 Å². The molecule has 1 aromatic carbocycles. The molecular weight excluding hydrogens is 256 g/mol. The summed E-state index contributed by atoms with van der Waals surface area (Å²) in [4.78, 5) is 0. The summed E-state index contributed by atoms with van der Waals surface area (Å²) in [5, 5.41) is 8.45. The zero-order valence-corrected chi connectivity index (χ0v) is 8.70. The van der Waals surface area contributed by atoms with Crippen molar-refractivity contribution in [1.29, 1.82) is 5.26 Å². The number of nitriles is 1. The molecule has 0 heterocycles. The summed E-state index contributed by atoms with van der Waals surface area (Å²) in [7, 11) is 0. The predicted molar refractivity (Wildman–Crippen MR) is 43.7 cm³/mol. The fourth-order valence-corrected chi connectivity index (χ4v) is 2.46. The summed E-state index contributed by atoms with van der Waals surface area (Å²) in [6.07, 6.45) is 0. The Bertz CT molecular complexity index is 247. The Labute approximate surface area is 73.0 Å². The van der Waals surface area contributed by atoms with Crippen LogP contribution in [0.1, 0.15) is 5.56 Å². The standard InChI is InChI=1S/C7H5NSe2/c8-5-6-1-3-7(10-9)4-2-6/h1-4,9H. The van der Waals surface area contributed by atoms with Gasteiger partial charge in [-0.25, -0.2) is 0 Å². The summed E-state index contributed by atoms with van der Waals surface area (Å²) in [6, 6.07) is 9.78. The summed E-state index contributed by atoms with van der Waals surface area (Å²) in [5.74, 6) is 0. The Morgan fingerprint density at radius 2 is 1.90 bits per heavy atom. The second-order valence-corrected chi connectivity index (χ2v) is 5.09. The Hall–Kier alpha value is -0.251. The monoisotopic (exact) mass is 263 g/mol. The van der Waals surface area contributed by atoms with Crippen molar-refractivity contribution in [2.24, 2.45) is 0 Å². The van der Waals surface area contributed by atoms with Gasteiger partial charge in [-0.05, 0) is 0 Å². The molecule has 0 atom stereocenters. The van der Waals surface area contributed by atoms with Crippen molar-refractivity contribution in [3.63, 3.8) is 0 Å². The van der Waals surface area contributed by atoms with E-state index in [1.54, 1.807) is 0 Å². The van der Waals surface area contributed by atoms with Crippen molar-refractivity contribution < 1.29 is 0 Å². The van der Waals surface area contributed by atoms with Crippen LogP contribution < -0.4 is 4.46 Å². The van der Waals surface area contributed by atoms with Crippen LogP contribution in [0, 0.1) is 11.3 Å². The zero-order valence-electron chi connectivity index (χ0n) is 5.11. The van der Waals surface area contributed by atoms with E-state index < -0.39 is 0 Å². The molecule has 1 rings (SSSR count). The number of hydrogen-bond acceptors (Lipinski definition) is 1. The van der Waals surface area contributed by atoms with E-state index in [0.717, 1.165) is 5.56 Å². The molecule has 0 N–H and O–H groups in total. The van der Waals surface area contributed by atoms with E-state index in [9.17, 15) is 0 Å². The number of nitrogens with zero attached hydrogens (tertiary/aromatic N) is 1. The summed E-state index contributed by atoms with van der Waals surface area (Å²) >= 11 is 3.06. The van der Waals surface area contributed by atoms with E-state index in [-0.39, 0.29) is 0 Å². The molecule has 0 aliphatic rings. The van der Waals surface area contributed by atoms with Gasteiger partial charge in [0.25, 0.3) is 0 Å². The van der Waals surface area contributed by atoms with Gasteiger partial charge in [0.1, 0.15) is 0 Å². The van der Waals surface area contributed by atoms with Crippen molar-refractivity contribution in [1.82, 2.24) is 0 Å². The molecule has 0 fully saturated rings. The minimum absolute atomic E-state index is 0.487. The molecule has 50 valence electrons. The van der Waals surface area contributed by atoms with Crippen LogP contribution in [-0.2, 0) is 0 Å². The van der Waals surface area contributed by atoms with Gasteiger partial charge in [0.15, 0.2) is 0 Å². The quantitative estimate of drug-likeness (QED) is 0.637. The Kier molecular flexibility index (Phi) is 2.99. The van der Waals surface area contributed by atoms with Crippen LogP contribution in [0.4, 0.5) is 0 Å². The first-order chi connectivity index (χ1) is 4.86. The third kappa shape index (κ3) is 1.87. The van der Waals surface area contributed by atoms with Gasteiger partial charge < -0.3 is 0 Å². The van der Waals surface area contributed by atoms with Crippen LogP contribution in [0.5, 0.6) is 0 Å². The van der Waals surface area contributed by atoms with Gasteiger partial charge in [0.05, 0.1) is 0 Å². The van der Waals surface area contributed by atoms with Crippen LogP contribution >= 0.6 is 0 Å². The predicted octanol–water partition coefficient (Wildman–Crippen LogP) is -0.296. The number of rotatable bonds is 1. The van der Waals surface area contributed by atoms with E-state index in [1.807, 2.05) is 24.3 Å². The molecule has 0 aliphatic heterocycles. The molecule has 3 heteroatoms. The molecule has 0 saturated heterocycles. The maximum absolute atomic E-state index is 8.45. The van der Waals surface area contributed by atoms with Gasteiger partial charge >= 0.3 is 72.9 Å². The fraction of sp³-hybridized carbons (Fsp3) is 0. The van der Waals surface area contributed by atoms with Gasteiger partial charge in [-0.3, -0.25) is 0 Å². The van der Waals surface area contributed by atoms with Gasteiger partial charge in [0, 0.05) is 0 Å². The third-order valence-electron chi connectivity index (χ3n) is 1.09. The van der Waals surface area contributed by atoms with E-state index in [1.165, 1.54) is 4.46 Å². The van der Waals surface area contributed by atoms with Crippen molar-refractivity contribution in [3.05, 3.63) is 29.8 Å². The van der Waals surface area contributed by atoms with Gasteiger partial charge in [-0.2, -0.15) is 0 Å². The second kappa shape index (κ2) is 3.81. The third-order valence-corrected chi connectivity index (χ3v) is 4.40. The SMILES string of the molecule is N#Cc1ccc([Se][SeH])cc1. The molecule has 1 aromatic rings. The van der Waals surface area contributed by atoms with Crippen LogP contribution in [0.2, 0.25) is 0 Å². The molecule has 0 bridgehead atoms. The molecule has 0 amide bonds. The summed E-state index contributed by atoms with van der Waals surface area (Å²) in [6.45, 7) is 0. The van der Waals surface area contributed by atoms with Crippen molar-refractivity contribution >= 4 is 31.8 Å². The van der Waals surface area contributed by atoms with Crippen LogP contribution in [0.25, 0.3) is 0 Å². The van der Waals surface area contributed by atoms with Crippen LogP contribution in [-0.4, -0.2) is 27.3 Å². The fourth-order valence-electron chi connectivity index (χ4n) is 0.590. The van der Waals surface area contributed by atoms with E-state index in [2.05, 4.69) is 20.3 Å². The molecule has 0 radical (unpaired) electrons. The average Bonchev–Trinajstić information content (AvgIpc) is 2.05. The van der Waals surface area contributed by atoms with Crippen LogP contribution in [0.15, 0.2) is 24.3 Å². The normalized spacial score (nSPS) is 8.80. The summed E-state index contributed by atoms with van der Waals surface area (Å²) < 4.78 is 1.31. The van der Waals surface area contributed by atoms with E-state index >= 15 is 0 Å². The minimum atomic E-state index is 0.487.